The fourth-order valence-corrected chi connectivity index (χ4v) is 1.41. The van der Waals surface area contributed by atoms with E-state index in [1.165, 1.54) is 0 Å². The molecule has 0 amide bonds. The Labute approximate surface area is 108 Å². The Hall–Kier alpha value is -1.61. The van der Waals surface area contributed by atoms with Gasteiger partial charge in [-0.25, -0.2) is 18.3 Å². The standard InChI is InChI=1S/C10H15F2N3O4/c1-18-5-6-19-4-2-3-15-8(9(11)12)7(10(16)17)13-14-15/h9H,2-6H2,1H3,(H,16,17). The number of aromatic carboxylic acids is 1. The predicted octanol–water partition coefficient (Wildman–Crippen LogP) is 0.967. The maximum absolute atomic E-state index is 12.7. The zero-order chi connectivity index (χ0) is 14.3. The Balaban J connectivity index is 2.52. The molecule has 1 aromatic rings. The number of aromatic nitrogens is 3. The second kappa shape index (κ2) is 7.74. The molecule has 0 bridgehead atoms. The highest BCUT2D eigenvalue weighted by Gasteiger charge is 2.25. The maximum Gasteiger partial charge on any atom is 0.358 e. The summed E-state index contributed by atoms with van der Waals surface area (Å²) in [6.07, 6.45) is -2.51. The van der Waals surface area contributed by atoms with Crippen molar-refractivity contribution >= 4 is 5.97 Å². The van der Waals surface area contributed by atoms with Crippen molar-refractivity contribution in [3.05, 3.63) is 11.4 Å². The number of carboxylic acids is 1. The molecule has 0 aliphatic rings. The highest BCUT2D eigenvalue weighted by atomic mass is 19.3. The maximum atomic E-state index is 12.7. The number of aryl methyl sites for hydroxylation is 1. The van der Waals surface area contributed by atoms with E-state index in [1.54, 1.807) is 7.11 Å². The number of hydrogen-bond donors (Lipinski definition) is 1. The summed E-state index contributed by atoms with van der Waals surface area (Å²) in [4.78, 5) is 10.7. The van der Waals surface area contributed by atoms with E-state index >= 15 is 0 Å². The van der Waals surface area contributed by atoms with Gasteiger partial charge in [-0.3, -0.25) is 0 Å². The molecule has 1 N–H and O–H groups in total. The molecule has 1 aromatic heterocycles. The molecule has 0 aliphatic carbocycles. The van der Waals surface area contributed by atoms with Gasteiger partial charge in [-0.1, -0.05) is 5.21 Å². The van der Waals surface area contributed by atoms with E-state index in [9.17, 15) is 13.6 Å². The lowest BCUT2D eigenvalue weighted by Crippen LogP contribution is -2.11. The first-order chi connectivity index (χ1) is 9.07. The molecular formula is C10H15F2N3O4. The summed E-state index contributed by atoms with van der Waals surface area (Å²) in [5.41, 5.74) is -1.39. The van der Waals surface area contributed by atoms with Crippen LogP contribution >= 0.6 is 0 Å². The predicted molar refractivity (Wildman–Crippen MR) is 59.3 cm³/mol. The van der Waals surface area contributed by atoms with Crippen molar-refractivity contribution in [2.45, 2.75) is 19.4 Å². The third kappa shape index (κ3) is 4.52. The minimum atomic E-state index is -2.93. The number of alkyl halides is 2. The van der Waals surface area contributed by atoms with Crippen molar-refractivity contribution < 1.29 is 28.2 Å². The number of ether oxygens (including phenoxy) is 2. The Kier molecular flexibility index (Phi) is 6.30. The number of methoxy groups -OCH3 is 1. The summed E-state index contributed by atoms with van der Waals surface area (Å²) in [6, 6.07) is 0. The van der Waals surface area contributed by atoms with E-state index in [0.29, 0.717) is 26.2 Å². The number of halogens is 2. The van der Waals surface area contributed by atoms with E-state index in [-0.39, 0.29) is 6.54 Å². The Morgan fingerprint density at radius 1 is 1.42 bits per heavy atom. The van der Waals surface area contributed by atoms with Crippen LogP contribution in [0.3, 0.4) is 0 Å². The summed E-state index contributed by atoms with van der Waals surface area (Å²) >= 11 is 0. The molecule has 0 fully saturated rings. The average molecular weight is 279 g/mol. The molecule has 9 heteroatoms. The number of hydrogen-bond acceptors (Lipinski definition) is 5. The molecule has 0 radical (unpaired) electrons. The monoisotopic (exact) mass is 279 g/mol. The van der Waals surface area contributed by atoms with E-state index in [1.807, 2.05) is 0 Å². The van der Waals surface area contributed by atoms with Crippen LogP contribution in [0.25, 0.3) is 0 Å². The number of carboxylic acid groups (broad SMARTS) is 1. The lowest BCUT2D eigenvalue weighted by molar-refractivity contribution is 0.0660. The summed E-state index contributed by atoms with van der Waals surface area (Å²) in [5, 5.41) is 15.4. The molecule has 1 heterocycles. The Morgan fingerprint density at radius 2 is 2.16 bits per heavy atom. The van der Waals surface area contributed by atoms with Gasteiger partial charge in [0.15, 0.2) is 5.69 Å². The van der Waals surface area contributed by atoms with E-state index in [0.717, 1.165) is 4.68 Å². The minimum Gasteiger partial charge on any atom is -0.476 e. The third-order valence-electron chi connectivity index (χ3n) is 2.27. The molecule has 0 spiro atoms. The molecule has 0 saturated heterocycles. The van der Waals surface area contributed by atoms with Crippen molar-refractivity contribution in [2.75, 3.05) is 26.9 Å². The second-order valence-electron chi connectivity index (χ2n) is 3.61. The number of carbonyl (C=O) groups is 1. The summed E-state index contributed by atoms with van der Waals surface area (Å²) in [5.74, 6) is -1.52. The van der Waals surface area contributed by atoms with Crippen molar-refractivity contribution in [3.8, 4) is 0 Å². The molecule has 0 atom stereocenters. The van der Waals surface area contributed by atoms with E-state index in [4.69, 9.17) is 14.6 Å². The van der Waals surface area contributed by atoms with Gasteiger partial charge >= 0.3 is 5.97 Å². The minimum absolute atomic E-state index is 0.118. The van der Waals surface area contributed by atoms with Gasteiger partial charge in [0, 0.05) is 20.3 Å². The smallest absolute Gasteiger partial charge is 0.358 e. The zero-order valence-electron chi connectivity index (χ0n) is 10.4. The topological polar surface area (TPSA) is 86.5 Å². The van der Waals surface area contributed by atoms with Crippen molar-refractivity contribution in [1.82, 2.24) is 15.0 Å². The Bertz CT molecular complexity index is 411. The SMILES string of the molecule is COCCOCCCn1nnc(C(=O)O)c1C(F)F. The van der Waals surface area contributed by atoms with Crippen LogP contribution in [0.4, 0.5) is 8.78 Å². The third-order valence-corrected chi connectivity index (χ3v) is 2.27. The van der Waals surface area contributed by atoms with Gasteiger partial charge in [-0.2, -0.15) is 0 Å². The largest absolute Gasteiger partial charge is 0.476 e. The van der Waals surface area contributed by atoms with Crippen molar-refractivity contribution in [3.63, 3.8) is 0 Å². The van der Waals surface area contributed by atoms with Crippen LogP contribution in [0.5, 0.6) is 0 Å². The van der Waals surface area contributed by atoms with Crippen LogP contribution in [0.15, 0.2) is 0 Å². The van der Waals surface area contributed by atoms with Crippen LogP contribution in [0.1, 0.15) is 29.0 Å². The molecule has 0 unspecified atom stereocenters. The van der Waals surface area contributed by atoms with Crippen LogP contribution in [-0.2, 0) is 16.0 Å². The first-order valence-corrected chi connectivity index (χ1v) is 5.59. The van der Waals surface area contributed by atoms with Crippen LogP contribution in [0, 0.1) is 0 Å². The van der Waals surface area contributed by atoms with Gasteiger partial charge in [-0.05, 0) is 6.42 Å². The molecule has 0 aliphatic heterocycles. The van der Waals surface area contributed by atoms with Gasteiger partial charge in [0.2, 0.25) is 0 Å². The average Bonchev–Trinajstić information content (AvgIpc) is 2.77. The quantitative estimate of drug-likeness (QED) is 0.678. The zero-order valence-corrected chi connectivity index (χ0v) is 10.4. The van der Waals surface area contributed by atoms with Gasteiger partial charge in [0.25, 0.3) is 6.43 Å². The van der Waals surface area contributed by atoms with Gasteiger partial charge < -0.3 is 14.6 Å². The van der Waals surface area contributed by atoms with Gasteiger partial charge in [0.05, 0.1) is 13.2 Å². The molecule has 7 nitrogen and oxygen atoms in total. The van der Waals surface area contributed by atoms with Crippen molar-refractivity contribution in [1.29, 1.82) is 0 Å². The first-order valence-electron chi connectivity index (χ1n) is 5.59. The highest BCUT2D eigenvalue weighted by molar-refractivity contribution is 5.86. The van der Waals surface area contributed by atoms with Gasteiger partial charge in [0.1, 0.15) is 5.69 Å². The Morgan fingerprint density at radius 3 is 2.74 bits per heavy atom. The van der Waals surface area contributed by atoms with Crippen molar-refractivity contribution in [2.24, 2.45) is 0 Å². The molecule has 19 heavy (non-hydrogen) atoms. The summed E-state index contributed by atoms with van der Waals surface area (Å²) in [7, 11) is 1.54. The van der Waals surface area contributed by atoms with E-state index < -0.39 is 23.8 Å². The summed E-state index contributed by atoms with van der Waals surface area (Å²) in [6.45, 7) is 1.33. The summed E-state index contributed by atoms with van der Waals surface area (Å²) < 4.78 is 36.3. The lowest BCUT2D eigenvalue weighted by atomic mass is 10.3. The van der Waals surface area contributed by atoms with Crippen LogP contribution in [0.2, 0.25) is 0 Å². The van der Waals surface area contributed by atoms with Gasteiger partial charge in [-0.15, -0.1) is 5.10 Å². The number of rotatable bonds is 9. The fraction of sp³-hybridized carbons (Fsp3) is 0.700. The molecular weight excluding hydrogens is 264 g/mol. The first kappa shape index (κ1) is 15.4. The normalized spacial score (nSPS) is 11.2. The fourth-order valence-electron chi connectivity index (χ4n) is 1.41. The lowest BCUT2D eigenvalue weighted by Gasteiger charge is -2.06. The molecule has 0 saturated carbocycles. The van der Waals surface area contributed by atoms with E-state index in [2.05, 4.69) is 10.3 Å². The molecule has 1 rings (SSSR count). The highest BCUT2D eigenvalue weighted by Crippen LogP contribution is 2.21. The van der Waals surface area contributed by atoms with Crippen LogP contribution in [-0.4, -0.2) is 53.0 Å². The molecule has 0 aromatic carbocycles. The molecule has 108 valence electrons. The van der Waals surface area contributed by atoms with Crippen LogP contribution < -0.4 is 0 Å². The second-order valence-corrected chi connectivity index (χ2v) is 3.61. The number of nitrogens with zero attached hydrogens (tertiary/aromatic N) is 3.